The number of rotatable bonds is 3. The Kier molecular flexibility index (Phi) is 3.27. The number of imidazole rings is 1. The maximum atomic E-state index is 12.3. The van der Waals surface area contributed by atoms with E-state index in [1.165, 1.54) is 22.8 Å². The maximum Gasteiger partial charge on any atom is 0.340 e. The zero-order valence-electron chi connectivity index (χ0n) is 11.1. The summed E-state index contributed by atoms with van der Waals surface area (Å²) >= 11 is 0. The summed E-state index contributed by atoms with van der Waals surface area (Å²) in [6.45, 7) is 6.95. The van der Waals surface area contributed by atoms with Crippen molar-refractivity contribution in [1.29, 1.82) is 0 Å². The third kappa shape index (κ3) is 1.93. The van der Waals surface area contributed by atoms with Gasteiger partial charge in [-0.3, -0.25) is 19.5 Å². The van der Waals surface area contributed by atoms with Crippen LogP contribution in [0.15, 0.2) is 29.6 Å². The molecule has 7 nitrogen and oxygen atoms in total. The predicted octanol–water partition coefficient (Wildman–Crippen LogP) is 2.25. The Morgan fingerprint density at radius 1 is 1.35 bits per heavy atom. The predicted molar refractivity (Wildman–Crippen MR) is 74.8 cm³/mol. The molecule has 0 N–H and O–H groups in total. The third-order valence-corrected chi connectivity index (χ3v) is 2.97. The van der Waals surface area contributed by atoms with Gasteiger partial charge in [0.1, 0.15) is 0 Å². The molecule has 20 heavy (non-hydrogen) atoms. The van der Waals surface area contributed by atoms with Gasteiger partial charge in [-0.25, -0.2) is 9.36 Å². The van der Waals surface area contributed by atoms with Crippen LogP contribution in [0.2, 0.25) is 0 Å². The van der Waals surface area contributed by atoms with Crippen molar-refractivity contribution in [2.24, 2.45) is 0 Å². The minimum Gasteiger partial charge on any atom is -0.274 e. The largest absolute Gasteiger partial charge is 0.340 e. The number of allylic oxidation sites excluding steroid dienone is 1. The second kappa shape index (κ2) is 4.76. The summed E-state index contributed by atoms with van der Waals surface area (Å²) in [5, 5.41) is 10.8. The van der Waals surface area contributed by atoms with E-state index in [4.69, 9.17) is 0 Å². The van der Waals surface area contributed by atoms with E-state index in [2.05, 4.69) is 6.58 Å². The molecule has 0 spiro atoms. The van der Waals surface area contributed by atoms with Crippen LogP contribution < -0.4 is 5.69 Å². The number of nitro benzene ring substituents is 1. The Balaban J connectivity index is 2.95. The Morgan fingerprint density at radius 2 is 2.00 bits per heavy atom. The second-order valence-electron chi connectivity index (χ2n) is 4.37. The monoisotopic (exact) mass is 275 g/mol. The van der Waals surface area contributed by atoms with Crippen LogP contribution >= 0.6 is 0 Å². The Labute approximate surface area is 113 Å². The van der Waals surface area contributed by atoms with Gasteiger partial charge in [-0.1, -0.05) is 13.5 Å². The lowest BCUT2D eigenvalue weighted by molar-refractivity contribution is -0.384. The van der Waals surface area contributed by atoms with Gasteiger partial charge >= 0.3 is 5.69 Å². The van der Waals surface area contributed by atoms with Crippen LogP contribution in [0.5, 0.6) is 0 Å². The summed E-state index contributed by atoms with van der Waals surface area (Å²) in [7, 11) is 0. The molecular formula is C13H13N3O4. The normalized spacial score (nSPS) is 10.7. The minimum atomic E-state index is -0.567. The van der Waals surface area contributed by atoms with Crippen LogP contribution in [-0.2, 0) is 0 Å². The molecule has 0 fully saturated rings. The fourth-order valence-corrected chi connectivity index (χ4v) is 2.07. The Hall–Kier alpha value is -2.70. The zero-order valence-corrected chi connectivity index (χ0v) is 11.1. The fraction of sp³-hybridized carbons (Fsp3) is 0.231. The quantitative estimate of drug-likeness (QED) is 0.635. The molecule has 0 saturated carbocycles. The lowest BCUT2D eigenvalue weighted by Gasteiger charge is -1.99. The first-order valence-corrected chi connectivity index (χ1v) is 5.99. The first kappa shape index (κ1) is 13.7. The molecule has 2 aromatic rings. The molecule has 104 valence electrons. The third-order valence-electron chi connectivity index (χ3n) is 2.97. The van der Waals surface area contributed by atoms with E-state index in [9.17, 15) is 19.7 Å². The number of carbonyl (C=O) groups is 1. The van der Waals surface area contributed by atoms with Crippen molar-refractivity contribution in [2.45, 2.75) is 20.3 Å². The number of fused-ring (bicyclic) bond motifs is 1. The second-order valence-corrected chi connectivity index (χ2v) is 4.37. The zero-order chi connectivity index (χ0) is 15.0. The lowest BCUT2D eigenvalue weighted by Crippen LogP contribution is -2.27. The van der Waals surface area contributed by atoms with E-state index in [1.54, 1.807) is 13.8 Å². The van der Waals surface area contributed by atoms with Crippen molar-refractivity contribution in [1.82, 2.24) is 9.13 Å². The van der Waals surface area contributed by atoms with Gasteiger partial charge < -0.3 is 0 Å². The van der Waals surface area contributed by atoms with Crippen molar-refractivity contribution >= 4 is 28.3 Å². The average Bonchev–Trinajstić information content (AvgIpc) is 2.68. The summed E-state index contributed by atoms with van der Waals surface area (Å²) in [5.41, 5.74) is 0.360. The van der Waals surface area contributed by atoms with Crippen molar-refractivity contribution in [3.8, 4) is 0 Å². The summed E-state index contributed by atoms with van der Waals surface area (Å²) in [6.07, 6.45) is 0.123. The number of nitro groups is 1. The number of aromatic nitrogens is 2. The topological polar surface area (TPSA) is 87.1 Å². The van der Waals surface area contributed by atoms with Crippen LogP contribution in [0, 0.1) is 10.1 Å². The Bertz CT molecular complexity index is 798. The molecule has 1 aromatic heterocycles. The van der Waals surface area contributed by atoms with Gasteiger partial charge in [0.25, 0.3) is 5.69 Å². The standard InChI is InChI=1S/C13H13N3O4/c1-4-12(17)15-11-7-9(16(19)20)5-6-10(11)14(8(2)3)13(15)18/h5-7H,2,4H2,1,3H3. The summed E-state index contributed by atoms with van der Waals surface area (Å²) in [6, 6.07) is 3.97. The van der Waals surface area contributed by atoms with E-state index in [-0.39, 0.29) is 17.6 Å². The van der Waals surface area contributed by atoms with Crippen LogP contribution in [0.3, 0.4) is 0 Å². The fourth-order valence-electron chi connectivity index (χ4n) is 2.07. The molecule has 0 aliphatic carbocycles. The van der Waals surface area contributed by atoms with E-state index in [0.29, 0.717) is 11.2 Å². The first-order chi connectivity index (χ1) is 9.38. The highest BCUT2D eigenvalue weighted by molar-refractivity contribution is 5.92. The van der Waals surface area contributed by atoms with Crippen LogP contribution in [0.1, 0.15) is 25.1 Å². The highest BCUT2D eigenvalue weighted by Crippen LogP contribution is 2.22. The molecule has 0 atom stereocenters. The van der Waals surface area contributed by atoms with Crippen LogP contribution in [-0.4, -0.2) is 20.0 Å². The number of non-ortho nitro benzene ring substituents is 1. The number of hydrogen-bond acceptors (Lipinski definition) is 4. The molecule has 0 amide bonds. The highest BCUT2D eigenvalue weighted by atomic mass is 16.6. The van der Waals surface area contributed by atoms with Crippen molar-refractivity contribution in [2.75, 3.05) is 0 Å². The van der Waals surface area contributed by atoms with Crippen LogP contribution in [0.25, 0.3) is 16.7 Å². The lowest BCUT2D eigenvalue weighted by atomic mass is 10.2. The van der Waals surface area contributed by atoms with E-state index in [1.807, 2.05) is 0 Å². The molecule has 0 aliphatic rings. The summed E-state index contributed by atoms with van der Waals surface area (Å²) in [5.74, 6) is -0.416. The number of benzene rings is 1. The van der Waals surface area contributed by atoms with Crippen molar-refractivity contribution in [3.05, 3.63) is 45.4 Å². The number of hydrogen-bond donors (Lipinski definition) is 0. The molecule has 0 bridgehead atoms. The van der Waals surface area contributed by atoms with E-state index in [0.717, 1.165) is 4.57 Å². The number of carbonyl (C=O) groups excluding carboxylic acids is 1. The first-order valence-electron chi connectivity index (χ1n) is 5.99. The van der Waals surface area contributed by atoms with Crippen molar-refractivity contribution < 1.29 is 9.72 Å². The molecule has 0 aliphatic heterocycles. The molecule has 7 heteroatoms. The minimum absolute atomic E-state index is 0.123. The van der Waals surface area contributed by atoms with Gasteiger partial charge in [-0.05, 0) is 13.0 Å². The number of nitrogens with zero attached hydrogens (tertiary/aromatic N) is 3. The molecule has 1 aromatic carbocycles. The Morgan fingerprint density at radius 3 is 2.50 bits per heavy atom. The van der Waals surface area contributed by atoms with Gasteiger partial charge in [-0.2, -0.15) is 0 Å². The van der Waals surface area contributed by atoms with Gasteiger partial charge in [0.2, 0.25) is 5.91 Å². The molecular weight excluding hydrogens is 262 g/mol. The molecule has 2 rings (SSSR count). The summed E-state index contributed by atoms with van der Waals surface area (Å²) in [4.78, 5) is 34.5. The van der Waals surface area contributed by atoms with Crippen LogP contribution in [0.4, 0.5) is 5.69 Å². The molecule has 0 unspecified atom stereocenters. The molecule has 0 radical (unpaired) electrons. The highest BCUT2D eigenvalue weighted by Gasteiger charge is 2.20. The SMILES string of the molecule is C=C(C)n1c(=O)n(C(=O)CC)c2cc([N+](=O)[O-])ccc21. The summed E-state index contributed by atoms with van der Waals surface area (Å²) < 4.78 is 2.23. The van der Waals surface area contributed by atoms with Crippen molar-refractivity contribution in [3.63, 3.8) is 0 Å². The molecule has 0 saturated heterocycles. The maximum absolute atomic E-state index is 12.3. The average molecular weight is 275 g/mol. The van der Waals surface area contributed by atoms with Gasteiger partial charge in [0.05, 0.1) is 16.0 Å². The smallest absolute Gasteiger partial charge is 0.274 e. The van der Waals surface area contributed by atoms with E-state index >= 15 is 0 Å². The van der Waals surface area contributed by atoms with Gasteiger partial charge in [-0.15, -0.1) is 0 Å². The van der Waals surface area contributed by atoms with Gasteiger partial charge in [0, 0.05) is 24.3 Å². The molecule has 1 heterocycles. The van der Waals surface area contributed by atoms with E-state index < -0.39 is 16.5 Å². The van der Waals surface area contributed by atoms with Gasteiger partial charge in [0.15, 0.2) is 0 Å².